The molecule has 0 fully saturated rings. The maximum absolute atomic E-state index is 12.3. The molecule has 1 amide bonds. The fourth-order valence-electron chi connectivity index (χ4n) is 3.57. The van der Waals surface area contributed by atoms with Crippen molar-refractivity contribution in [2.24, 2.45) is 5.73 Å². The van der Waals surface area contributed by atoms with Crippen LogP contribution in [-0.2, 0) is 27.1 Å². The highest BCUT2D eigenvalue weighted by Gasteiger charge is 2.08. The second kappa shape index (κ2) is 18.4. The number of pyridine rings is 1. The van der Waals surface area contributed by atoms with E-state index in [0.29, 0.717) is 63.9 Å². The molecule has 0 saturated carbocycles. The van der Waals surface area contributed by atoms with Crippen molar-refractivity contribution in [2.75, 3.05) is 68.6 Å². The molecule has 12 heteroatoms. The van der Waals surface area contributed by atoms with Crippen LogP contribution in [0.2, 0.25) is 0 Å². The average molecular weight is 552 g/mol. The normalized spacial score (nSPS) is 10.8. The van der Waals surface area contributed by atoms with Crippen LogP contribution in [0.4, 0.5) is 23.5 Å². The first-order chi connectivity index (χ1) is 19.7. The first-order valence-electron chi connectivity index (χ1n) is 13.8. The van der Waals surface area contributed by atoms with Gasteiger partial charge in [0.1, 0.15) is 0 Å². The number of hydrogen-bond acceptors (Lipinski definition) is 11. The van der Waals surface area contributed by atoms with E-state index >= 15 is 0 Å². The Kier molecular flexibility index (Phi) is 14.1. The number of ether oxygens (including phenoxy) is 2. The van der Waals surface area contributed by atoms with Crippen molar-refractivity contribution in [3.05, 3.63) is 59.9 Å². The van der Waals surface area contributed by atoms with Gasteiger partial charge in [0.15, 0.2) is 0 Å². The Morgan fingerprint density at radius 2 is 1.57 bits per heavy atom. The summed E-state index contributed by atoms with van der Waals surface area (Å²) in [5.41, 5.74) is 8.06. The van der Waals surface area contributed by atoms with E-state index in [2.05, 4.69) is 48.1 Å². The van der Waals surface area contributed by atoms with E-state index in [1.54, 1.807) is 6.20 Å². The molecule has 0 spiro atoms. The number of carbonyl (C=O) groups excluding carboxylic acids is 1. The van der Waals surface area contributed by atoms with Gasteiger partial charge in [-0.1, -0.05) is 31.5 Å². The van der Waals surface area contributed by atoms with E-state index in [4.69, 9.17) is 15.2 Å². The van der Waals surface area contributed by atoms with Crippen molar-refractivity contribution in [1.82, 2.24) is 25.3 Å². The van der Waals surface area contributed by atoms with Crippen LogP contribution in [-0.4, -0.2) is 78.4 Å². The third-order valence-corrected chi connectivity index (χ3v) is 5.62. The standard InChI is InChI=1S/C28H41N9O3/c1-2-3-13-32-26-35-27(33-15-11-23-6-4-5-14-30-23)37-28(36-26)34-24-9-7-22(8-10-24)21-25(38)31-16-18-40-20-19-39-17-12-29/h4-10,14H,2-3,11-13,15-21,29H2,1H3,(H,31,38)(H3,32,33,34,35,36,37). The lowest BCUT2D eigenvalue weighted by Gasteiger charge is -2.12. The summed E-state index contributed by atoms with van der Waals surface area (Å²) >= 11 is 0. The predicted molar refractivity (Wildman–Crippen MR) is 157 cm³/mol. The third-order valence-electron chi connectivity index (χ3n) is 5.62. The number of aromatic nitrogens is 4. The summed E-state index contributed by atoms with van der Waals surface area (Å²) in [7, 11) is 0. The molecule has 6 N–H and O–H groups in total. The van der Waals surface area contributed by atoms with Crippen LogP contribution in [0.3, 0.4) is 0 Å². The zero-order valence-electron chi connectivity index (χ0n) is 23.2. The van der Waals surface area contributed by atoms with Crippen LogP contribution in [0.5, 0.6) is 0 Å². The number of nitrogens with zero attached hydrogens (tertiary/aromatic N) is 4. The zero-order valence-corrected chi connectivity index (χ0v) is 23.2. The molecule has 12 nitrogen and oxygen atoms in total. The Bertz CT molecular complexity index is 1120. The number of carbonyl (C=O) groups is 1. The largest absolute Gasteiger partial charge is 0.378 e. The van der Waals surface area contributed by atoms with Crippen LogP contribution in [0.15, 0.2) is 48.7 Å². The summed E-state index contributed by atoms with van der Waals surface area (Å²) in [6, 6.07) is 13.5. The molecule has 0 saturated heterocycles. The predicted octanol–water partition coefficient (Wildman–Crippen LogP) is 2.53. The molecule has 1 aromatic carbocycles. The molecule has 0 radical (unpaired) electrons. The summed E-state index contributed by atoms with van der Waals surface area (Å²) in [6.07, 6.45) is 4.90. The highest BCUT2D eigenvalue weighted by atomic mass is 16.5. The molecule has 0 aliphatic heterocycles. The fraction of sp³-hybridized carbons (Fsp3) is 0.464. The van der Waals surface area contributed by atoms with Crippen LogP contribution >= 0.6 is 0 Å². The molecule has 2 aromatic heterocycles. The van der Waals surface area contributed by atoms with Crippen molar-refractivity contribution in [3.63, 3.8) is 0 Å². The lowest BCUT2D eigenvalue weighted by atomic mass is 10.1. The van der Waals surface area contributed by atoms with Gasteiger partial charge in [-0.15, -0.1) is 0 Å². The van der Waals surface area contributed by atoms with E-state index < -0.39 is 0 Å². The second-order valence-electron chi connectivity index (χ2n) is 8.95. The van der Waals surface area contributed by atoms with Crippen LogP contribution in [0.1, 0.15) is 31.0 Å². The number of anilines is 4. The second-order valence-corrected chi connectivity index (χ2v) is 8.95. The summed E-state index contributed by atoms with van der Waals surface area (Å²) in [4.78, 5) is 30.2. The van der Waals surface area contributed by atoms with Gasteiger partial charge in [0.25, 0.3) is 0 Å². The minimum Gasteiger partial charge on any atom is -0.378 e. The summed E-state index contributed by atoms with van der Waals surface area (Å²) in [5.74, 6) is 1.35. The van der Waals surface area contributed by atoms with Crippen LogP contribution in [0, 0.1) is 0 Å². The Morgan fingerprint density at radius 1 is 0.850 bits per heavy atom. The molecule has 40 heavy (non-hydrogen) atoms. The van der Waals surface area contributed by atoms with Gasteiger partial charge in [-0.2, -0.15) is 15.0 Å². The smallest absolute Gasteiger partial charge is 0.233 e. The monoisotopic (exact) mass is 551 g/mol. The SMILES string of the molecule is CCCCNc1nc(NCCc2ccccn2)nc(Nc2ccc(CC(=O)NCCOCCOCCN)cc2)n1. The van der Waals surface area contributed by atoms with E-state index in [1.807, 2.05) is 42.5 Å². The fourth-order valence-corrected chi connectivity index (χ4v) is 3.57. The summed E-state index contributed by atoms with van der Waals surface area (Å²) < 4.78 is 10.7. The van der Waals surface area contributed by atoms with Gasteiger partial charge >= 0.3 is 0 Å². The lowest BCUT2D eigenvalue weighted by Crippen LogP contribution is -2.29. The number of nitrogens with two attached hydrogens (primary N) is 1. The number of rotatable bonds is 20. The zero-order chi connectivity index (χ0) is 28.3. The first-order valence-corrected chi connectivity index (χ1v) is 13.8. The molecular formula is C28H41N9O3. The maximum Gasteiger partial charge on any atom is 0.233 e. The molecule has 2 heterocycles. The van der Waals surface area contributed by atoms with Gasteiger partial charge in [0.05, 0.1) is 32.8 Å². The van der Waals surface area contributed by atoms with Gasteiger partial charge in [-0.3, -0.25) is 9.78 Å². The molecule has 0 atom stereocenters. The van der Waals surface area contributed by atoms with Crippen molar-refractivity contribution < 1.29 is 14.3 Å². The highest BCUT2D eigenvalue weighted by molar-refractivity contribution is 5.78. The summed E-state index contributed by atoms with van der Waals surface area (Å²) in [5, 5.41) is 12.6. The minimum absolute atomic E-state index is 0.0645. The molecule has 3 rings (SSSR count). The van der Waals surface area contributed by atoms with Crippen molar-refractivity contribution in [1.29, 1.82) is 0 Å². The van der Waals surface area contributed by atoms with E-state index in [-0.39, 0.29) is 12.3 Å². The Labute approximate surface area is 235 Å². The van der Waals surface area contributed by atoms with Gasteiger partial charge in [-0.05, 0) is 36.2 Å². The van der Waals surface area contributed by atoms with E-state index in [9.17, 15) is 4.79 Å². The number of hydrogen-bond donors (Lipinski definition) is 5. The Balaban J connectivity index is 1.49. The first kappa shape index (κ1) is 30.7. The third kappa shape index (κ3) is 12.3. The molecule has 0 unspecified atom stereocenters. The topological polar surface area (TPSA) is 161 Å². The number of amides is 1. The van der Waals surface area contributed by atoms with Crippen molar-refractivity contribution in [2.45, 2.75) is 32.6 Å². The van der Waals surface area contributed by atoms with Gasteiger partial charge in [0.2, 0.25) is 23.8 Å². The maximum atomic E-state index is 12.3. The molecule has 0 aliphatic rings. The lowest BCUT2D eigenvalue weighted by molar-refractivity contribution is -0.120. The Morgan fingerprint density at radius 3 is 2.27 bits per heavy atom. The van der Waals surface area contributed by atoms with Gasteiger partial charge < -0.3 is 36.5 Å². The molecular weight excluding hydrogens is 510 g/mol. The van der Waals surface area contributed by atoms with E-state index in [0.717, 1.165) is 42.8 Å². The highest BCUT2D eigenvalue weighted by Crippen LogP contribution is 2.17. The number of nitrogens with one attached hydrogen (secondary N) is 4. The van der Waals surface area contributed by atoms with Crippen molar-refractivity contribution in [3.8, 4) is 0 Å². The summed E-state index contributed by atoms with van der Waals surface area (Å²) in [6.45, 7) is 6.42. The number of unbranched alkanes of at least 4 members (excludes halogenated alkanes) is 1. The van der Waals surface area contributed by atoms with E-state index in [1.165, 1.54) is 0 Å². The van der Waals surface area contributed by atoms with Gasteiger partial charge in [-0.25, -0.2) is 0 Å². The molecule has 0 bridgehead atoms. The van der Waals surface area contributed by atoms with Gasteiger partial charge in [0, 0.05) is 50.2 Å². The van der Waals surface area contributed by atoms with Crippen LogP contribution in [0.25, 0.3) is 0 Å². The molecule has 0 aliphatic carbocycles. The Hall–Kier alpha value is -3.87. The number of benzene rings is 1. The van der Waals surface area contributed by atoms with Crippen LogP contribution < -0.4 is 27.0 Å². The van der Waals surface area contributed by atoms with Crippen molar-refractivity contribution >= 4 is 29.4 Å². The quantitative estimate of drug-likeness (QED) is 0.131. The minimum atomic E-state index is -0.0645. The molecule has 3 aromatic rings. The molecule has 216 valence electrons. The average Bonchev–Trinajstić information content (AvgIpc) is 2.96.